The lowest BCUT2D eigenvalue weighted by atomic mass is 9.92. The molecule has 3 rings (SSSR count). The highest BCUT2D eigenvalue weighted by Gasteiger charge is 2.42. The molecule has 198 valence electrons. The fourth-order valence-electron chi connectivity index (χ4n) is 3.90. The summed E-state index contributed by atoms with van der Waals surface area (Å²) in [6, 6.07) is 3.49. The summed E-state index contributed by atoms with van der Waals surface area (Å²) < 4.78 is 68.4. The van der Waals surface area contributed by atoms with Crippen molar-refractivity contribution in [3.63, 3.8) is 0 Å². The van der Waals surface area contributed by atoms with Gasteiger partial charge in [-0.1, -0.05) is 6.92 Å². The van der Waals surface area contributed by atoms with Gasteiger partial charge in [-0.25, -0.2) is 14.2 Å². The summed E-state index contributed by atoms with van der Waals surface area (Å²) in [5.41, 5.74) is 2.06. The van der Waals surface area contributed by atoms with Crippen molar-refractivity contribution in [1.29, 1.82) is 0 Å². The van der Waals surface area contributed by atoms with Gasteiger partial charge in [0, 0.05) is 25.0 Å². The number of nitrogens with one attached hydrogen (secondary N) is 2. The molecule has 2 aromatic rings. The van der Waals surface area contributed by atoms with E-state index in [-0.39, 0.29) is 31.4 Å². The van der Waals surface area contributed by atoms with Gasteiger partial charge in [-0.2, -0.15) is 18.2 Å². The van der Waals surface area contributed by atoms with Crippen LogP contribution in [0.5, 0.6) is 0 Å². The summed E-state index contributed by atoms with van der Waals surface area (Å²) in [6.45, 7) is 1.34. The van der Waals surface area contributed by atoms with Gasteiger partial charge >= 0.3 is 12.1 Å². The van der Waals surface area contributed by atoms with Crippen molar-refractivity contribution >= 4 is 17.7 Å². The van der Waals surface area contributed by atoms with E-state index in [1.54, 1.807) is 25.4 Å². The molecule has 7 nitrogen and oxygen atoms in total. The first-order valence-corrected chi connectivity index (χ1v) is 12.0. The number of rotatable bonds is 11. The Morgan fingerprint density at radius 2 is 1.97 bits per heavy atom. The molecule has 1 atom stereocenters. The van der Waals surface area contributed by atoms with Crippen molar-refractivity contribution in [2.75, 3.05) is 23.9 Å². The van der Waals surface area contributed by atoms with E-state index in [0.29, 0.717) is 49.2 Å². The lowest BCUT2D eigenvalue weighted by Crippen LogP contribution is -2.35. The van der Waals surface area contributed by atoms with Crippen molar-refractivity contribution in [2.24, 2.45) is 0 Å². The number of ether oxygens (including phenoxy) is 1. The van der Waals surface area contributed by atoms with Crippen LogP contribution in [0, 0.1) is 0 Å². The number of pyridine rings is 1. The maximum atomic E-state index is 13.7. The summed E-state index contributed by atoms with van der Waals surface area (Å²) >= 11 is 0. The minimum Gasteiger partial charge on any atom is -0.456 e. The number of hydrogen-bond donors (Lipinski definition) is 2. The number of hydrogen-bond acceptors (Lipinski definition) is 7. The minimum absolute atomic E-state index is 0.0436. The van der Waals surface area contributed by atoms with Crippen molar-refractivity contribution in [3.8, 4) is 11.3 Å². The topological polar surface area (TPSA) is 89.0 Å². The monoisotopic (exact) mass is 515 g/mol. The van der Waals surface area contributed by atoms with Crippen LogP contribution < -0.4 is 10.6 Å². The van der Waals surface area contributed by atoms with Gasteiger partial charge in [0.1, 0.15) is 18.1 Å². The van der Waals surface area contributed by atoms with E-state index in [9.17, 15) is 26.7 Å². The molecule has 0 aromatic carbocycles. The molecular weight excluding hydrogens is 485 g/mol. The van der Waals surface area contributed by atoms with Crippen molar-refractivity contribution in [3.05, 3.63) is 30.1 Å². The fraction of sp³-hybridized carbons (Fsp3) is 0.583. The van der Waals surface area contributed by atoms with E-state index in [1.165, 1.54) is 0 Å². The Morgan fingerprint density at radius 1 is 1.22 bits per heavy atom. The normalized spacial score (nSPS) is 18.9. The van der Waals surface area contributed by atoms with Gasteiger partial charge in [0.05, 0.1) is 17.9 Å². The fourth-order valence-corrected chi connectivity index (χ4v) is 3.90. The number of alkyl halides is 5. The molecule has 0 bridgehead atoms. The number of nitrogens with zero attached hydrogens (tertiary/aromatic N) is 3. The van der Waals surface area contributed by atoms with Gasteiger partial charge in [-0.05, 0) is 62.6 Å². The Balaban J connectivity index is 1.76. The number of anilines is 2. The lowest BCUT2D eigenvalue weighted by molar-refractivity contribution is -0.206. The Hall–Kier alpha value is -3.05. The number of carbonyl (C=O) groups is 1. The van der Waals surface area contributed by atoms with Gasteiger partial charge in [0.15, 0.2) is 0 Å². The molecule has 12 heteroatoms. The van der Waals surface area contributed by atoms with E-state index >= 15 is 0 Å². The Kier molecular flexibility index (Phi) is 9.77. The molecule has 2 N–H and O–H groups in total. The molecular formula is C24H30F5N5O2. The molecule has 0 radical (unpaired) electrons. The number of halogens is 5. The number of aromatic nitrogens is 3. The van der Waals surface area contributed by atoms with E-state index in [0.717, 1.165) is 5.56 Å². The minimum atomic E-state index is -5.02. The molecule has 1 aliphatic carbocycles. The summed E-state index contributed by atoms with van der Waals surface area (Å²) in [6.07, 6.45) is -0.986. The van der Waals surface area contributed by atoms with Crippen LogP contribution in [0.2, 0.25) is 0 Å². The Bertz CT molecular complexity index is 999. The summed E-state index contributed by atoms with van der Waals surface area (Å²) in [4.78, 5) is 24.3. The molecule has 2 aromatic heterocycles. The highest BCUT2D eigenvalue weighted by Crippen LogP contribution is 2.31. The first-order chi connectivity index (χ1) is 17.2. The second-order valence-electron chi connectivity index (χ2n) is 8.71. The molecule has 1 aliphatic rings. The van der Waals surface area contributed by atoms with Gasteiger partial charge in [-0.15, -0.1) is 0 Å². The molecule has 2 heterocycles. The smallest absolute Gasteiger partial charge is 0.456 e. The maximum Gasteiger partial charge on any atom is 0.490 e. The highest BCUT2D eigenvalue weighted by atomic mass is 19.4. The van der Waals surface area contributed by atoms with Gasteiger partial charge in [0.25, 0.3) is 0 Å². The van der Waals surface area contributed by atoms with Gasteiger partial charge < -0.3 is 15.4 Å². The third-order valence-electron chi connectivity index (χ3n) is 5.93. The quantitative estimate of drug-likeness (QED) is 0.305. The Morgan fingerprint density at radius 3 is 2.64 bits per heavy atom. The third-order valence-corrected chi connectivity index (χ3v) is 5.93. The zero-order valence-electron chi connectivity index (χ0n) is 20.0. The van der Waals surface area contributed by atoms with Crippen LogP contribution in [-0.2, 0) is 16.0 Å². The highest BCUT2D eigenvalue weighted by molar-refractivity contribution is 5.76. The number of esters is 1. The predicted octanol–water partition coefficient (Wildman–Crippen LogP) is 5.43. The van der Waals surface area contributed by atoms with Gasteiger partial charge in [0.2, 0.25) is 5.95 Å². The van der Waals surface area contributed by atoms with Crippen LogP contribution in [0.4, 0.5) is 33.7 Å². The second-order valence-corrected chi connectivity index (χ2v) is 8.71. The van der Waals surface area contributed by atoms with E-state index in [4.69, 9.17) is 0 Å². The van der Waals surface area contributed by atoms with E-state index in [1.807, 2.05) is 6.07 Å². The molecule has 36 heavy (non-hydrogen) atoms. The third kappa shape index (κ3) is 7.99. The maximum absolute atomic E-state index is 13.7. The van der Waals surface area contributed by atoms with Crippen LogP contribution in [0.3, 0.4) is 0 Å². The first kappa shape index (κ1) is 27.5. The average molecular weight is 516 g/mol. The van der Waals surface area contributed by atoms with Crippen LogP contribution in [-0.4, -0.2) is 58.6 Å². The summed E-state index contributed by atoms with van der Waals surface area (Å²) in [7, 11) is 0. The van der Waals surface area contributed by atoms with Crippen LogP contribution >= 0.6 is 0 Å². The Labute approximate surface area is 206 Å². The van der Waals surface area contributed by atoms with E-state index in [2.05, 4.69) is 30.3 Å². The molecule has 0 spiro atoms. The number of aryl methyl sites for hydroxylation is 1. The zero-order valence-corrected chi connectivity index (χ0v) is 20.0. The van der Waals surface area contributed by atoms with Crippen molar-refractivity contribution in [1.82, 2.24) is 15.0 Å². The predicted molar refractivity (Wildman–Crippen MR) is 125 cm³/mol. The van der Waals surface area contributed by atoms with Crippen LogP contribution in [0.15, 0.2) is 24.5 Å². The largest absolute Gasteiger partial charge is 0.490 e. The molecule has 1 fully saturated rings. The average Bonchev–Trinajstić information content (AvgIpc) is 2.87. The standard InChI is InChI=1S/C24H30F5N5O2/c1-2-16(26)13-31-23-32-14-19(20-12-15(4-3-10-25)9-11-30-20)21(34-23)33-17-5-7-18(8-6-17)36-22(35)24(27,28)29/h9,11-12,14,16-18H,2-8,10,13H2,1H3,(H2,31,32,33,34)/t16-,17?,18?/m0/s1. The lowest BCUT2D eigenvalue weighted by Gasteiger charge is -2.30. The van der Waals surface area contributed by atoms with Crippen LogP contribution in [0.1, 0.15) is 51.0 Å². The molecule has 0 saturated heterocycles. The van der Waals surface area contributed by atoms with Crippen molar-refractivity contribution in [2.45, 2.75) is 76.4 Å². The van der Waals surface area contributed by atoms with E-state index < -0.39 is 31.1 Å². The molecule has 1 saturated carbocycles. The van der Waals surface area contributed by atoms with Crippen molar-refractivity contribution < 1.29 is 31.5 Å². The van der Waals surface area contributed by atoms with Crippen LogP contribution in [0.25, 0.3) is 11.3 Å². The summed E-state index contributed by atoms with van der Waals surface area (Å²) in [5.74, 6) is -1.52. The first-order valence-electron chi connectivity index (χ1n) is 12.0. The zero-order chi connectivity index (χ0) is 26.1. The number of carbonyl (C=O) groups excluding carboxylic acids is 1. The second kappa shape index (κ2) is 12.8. The summed E-state index contributed by atoms with van der Waals surface area (Å²) in [5, 5.41) is 6.18. The van der Waals surface area contributed by atoms with Gasteiger partial charge in [-0.3, -0.25) is 9.37 Å². The SMILES string of the molecule is CC[C@H](F)CNc1ncc(-c2cc(CCCF)ccn2)c(NC2CCC(OC(=O)C(F)(F)F)CC2)n1. The molecule has 0 aliphatic heterocycles. The molecule has 0 unspecified atom stereocenters. The molecule has 0 amide bonds.